The average Bonchev–Trinajstić information content (AvgIpc) is 2.70. The Morgan fingerprint density at radius 3 is 2.70 bits per heavy atom. The third-order valence-electron chi connectivity index (χ3n) is 4.37. The minimum absolute atomic E-state index is 0.0820. The van der Waals surface area contributed by atoms with Crippen LogP contribution in [0.4, 0.5) is 0 Å². The number of hydrogen-bond donors (Lipinski definition) is 3. The number of phenols is 1. The normalized spacial score (nSPS) is 21.8. The van der Waals surface area contributed by atoms with Crippen LogP contribution in [0.5, 0.6) is 5.75 Å². The monoisotopic (exact) mass is 276 g/mol. The van der Waals surface area contributed by atoms with Crippen LogP contribution in [0.3, 0.4) is 0 Å². The van der Waals surface area contributed by atoms with Crippen molar-refractivity contribution in [1.82, 2.24) is 5.32 Å². The molecule has 1 amide bonds. The van der Waals surface area contributed by atoms with Crippen molar-refractivity contribution in [3.63, 3.8) is 0 Å². The molecular weight excluding hydrogens is 252 g/mol. The molecule has 0 aliphatic heterocycles. The van der Waals surface area contributed by atoms with Crippen LogP contribution in [0.15, 0.2) is 12.1 Å². The van der Waals surface area contributed by atoms with Gasteiger partial charge in [0.2, 0.25) is 5.91 Å². The number of hydrogen-bond acceptors (Lipinski definition) is 3. The molecule has 0 radical (unpaired) electrons. The predicted molar refractivity (Wildman–Crippen MR) is 79.6 cm³/mol. The van der Waals surface area contributed by atoms with E-state index in [4.69, 9.17) is 5.73 Å². The summed E-state index contributed by atoms with van der Waals surface area (Å²) in [7, 11) is 0. The number of benzene rings is 1. The van der Waals surface area contributed by atoms with E-state index in [9.17, 15) is 9.90 Å². The van der Waals surface area contributed by atoms with Gasteiger partial charge in [0, 0.05) is 18.2 Å². The van der Waals surface area contributed by atoms with E-state index in [-0.39, 0.29) is 11.9 Å². The first kappa shape index (κ1) is 14.9. The number of carbonyl (C=O) groups excluding carboxylic acids is 1. The summed E-state index contributed by atoms with van der Waals surface area (Å²) in [6, 6.07) is 3.79. The molecule has 1 aromatic carbocycles. The largest absolute Gasteiger partial charge is 0.508 e. The molecule has 0 fully saturated rings. The average molecular weight is 276 g/mol. The van der Waals surface area contributed by atoms with Crippen molar-refractivity contribution in [3.8, 4) is 5.75 Å². The molecule has 2 rings (SSSR count). The molecule has 2 atom stereocenters. The maximum Gasteiger partial charge on any atom is 0.224 e. The molecule has 20 heavy (non-hydrogen) atoms. The minimum Gasteiger partial charge on any atom is -0.508 e. The topological polar surface area (TPSA) is 75.3 Å². The fourth-order valence-electron chi connectivity index (χ4n) is 2.99. The number of nitrogens with one attached hydrogen (secondary N) is 1. The number of primary amides is 1. The van der Waals surface area contributed by atoms with Gasteiger partial charge in [0.05, 0.1) is 5.41 Å². The molecule has 110 valence electrons. The van der Waals surface area contributed by atoms with E-state index in [0.29, 0.717) is 18.2 Å². The van der Waals surface area contributed by atoms with Gasteiger partial charge in [0.15, 0.2) is 0 Å². The van der Waals surface area contributed by atoms with Crippen molar-refractivity contribution in [3.05, 3.63) is 28.8 Å². The van der Waals surface area contributed by atoms with Crippen molar-refractivity contribution in [1.29, 1.82) is 0 Å². The number of fused-ring (bicyclic) bond motifs is 1. The smallest absolute Gasteiger partial charge is 0.224 e. The zero-order valence-corrected chi connectivity index (χ0v) is 12.7. The van der Waals surface area contributed by atoms with Gasteiger partial charge in [0.1, 0.15) is 5.75 Å². The van der Waals surface area contributed by atoms with Gasteiger partial charge in [-0.15, -0.1) is 0 Å². The van der Waals surface area contributed by atoms with Crippen LogP contribution in [0.25, 0.3) is 0 Å². The molecule has 0 spiro atoms. The number of phenolic OH excluding ortho intramolecular Hbond substituents is 1. The first-order valence-corrected chi connectivity index (χ1v) is 7.09. The van der Waals surface area contributed by atoms with Gasteiger partial charge < -0.3 is 16.2 Å². The summed E-state index contributed by atoms with van der Waals surface area (Å²) in [6.45, 7) is 8.42. The maximum atomic E-state index is 11.4. The van der Waals surface area contributed by atoms with E-state index in [2.05, 4.69) is 19.2 Å². The lowest BCUT2D eigenvalue weighted by molar-refractivity contribution is -0.125. The third kappa shape index (κ3) is 2.52. The Hall–Kier alpha value is -1.55. The highest BCUT2D eigenvalue weighted by Crippen LogP contribution is 2.46. The summed E-state index contributed by atoms with van der Waals surface area (Å²) < 4.78 is 0. The van der Waals surface area contributed by atoms with E-state index >= 15 is 0 Å². The minimum atomic E-state index is -0.592. The fourth-order valence-corrected chi connectivity index (χ4v) is 2.99. The molecule has 4 N–H and O–H groups in total. The number of aromatic hydroxyl groups is 1. The van der Waals surface area contributed by atoms with Crippen molar-refractivity contribution in [2.24, 2.45) is 11.1 Å². The Morgan fingerprint density at radius 2 is 2.10 bits per heavy atom. The van der Waals surface area contributed by atoms with Crippen molar-refractivity contribution < 1.29 is 9.90 Å². The second-order valence-electron chi connectivity index (χ2n) is 6.55. The van der Waals surface area contributed by atoms with Gasteiger partial charge in [-0.3, -0.25) is 4.79 Å². The molecule has 2 unspecified atom stereocenters. The number of amides is 1. The highest BCUT2D eigenvalue weighted by molar-refractivity contribution is 5.80. The Kier molecular flexibility index (Phi) is 3.78. The maximum absolute atomic E-state index is 11.4. The summed E-state index contributed by atoms with van der Waals surface area (Å²) in [4.78, 5) is 11.4. The highest BCUT2D eigenvalue weighted by Gasteiger charge is 2.34. The SMILES string of the molecule is Cc1ccc(O)c2c1C(C)CC2NCC(C)(C)C(N)=O. The molecule has 1 aliphatic rings. The van der Waals surface area contributed by atoms with Crippen LogP contribution >= 0.6 is 0 Å². The number of aryl methyl sites for hydroxylation is 1. The van der Waals surface area contributed by atoms with Gasteiger partial charge in [-0.25, -0.2) is 0 Å². The molecule has 0 saturated carbocycles. The van der Waals surface area contributed by atoms with E-state index in [0.717, 1.165) is 12.0 Å². The summed E-state index contributed by atoms with van der Waals surface area (Å²) in [5.74, 6) is 0.431. The lowest BCUT2D eigenvalue weighted by Crippen LogP contribution is -2.41. The van der Waals surface area contributed by atoms with E-state index < -0.39 is 5.41 Å². The highest BCUT2D eigenvalue weighted by atomic mass is 16.3. The zero-order valence-electron chi connectivity index (χ0n) is 12.7. The third-order valence-corrected chi connectivity index (χ3v) is 4.37. The lowest BCUT2D eigenvalue weighted by atomic mass is 9.92. The van der Waals surface area contributed by atoms with Gasteiger partial charge in [0.25, 0.3) is 0 Å². The van der Waals surface area contributed by atoms with Gasteiger partial charge in [-0.2, -0.15) is 0 Å². The van der Waals surface area contributed by atoms with Crippen LogP contribution in [0.1, 0.15) is 55.8 Å². The first-order chi connectivity index (χ1) is 9.24. The number of carbonyl (C=O) groups is 1. The predicted octanol–water partition coefficient (Wildman–Crippen LogP) is 2.35. The summed E-state index contributed by atoms with van der Waals surface area (Å²) >= 11 is 0. The Labute approximate surface area is 120 Å². The fraction of sp³-hybridized carbons (Fsp3) is 0.562. The van der Waals surface area contributed by atoms with Crippen LogP contribution < -0.4 is 11.1 Å². The summed E-state index contributed by atoms with van der Waals surface area (Å²) in [5, 5.41) is 13.5. The Balaban J connectivity index is 2.23. The molecule has 1 aliphatic carbocycles. The van der Waals surface area contributed by atoms with Crippen molar-refractivity contribution in [2.75, 3.05) is 6.54 Å². The standard InChI is InChI=1S/C16H24N2O2/c1-9-5-6-12(19)14-11(7-10(2)13(9)14)18-8-16(3,4)15(17)20/h5-6,10-11,18-19H,7-8H2,1-4H3,(H2,17,20). The van der Waals surface area contributed by atoms with Crippen molar-refractivity contribution in [2.45, 2.75) is 46.1 Å². The molecule has 0 saturated heterocycles. The molecule has 4 heteroatoms. The lowest BCUT2D eigenvalue weighted by Gasteiger charge is -2.24. The van der Waals surface area contributed by atoms with E-state index in [1.54, 1.807) is 6.07 Å². The van der Waals surface area contributed by atoms with Crippen LogP contribution in [-0.4, -0.2) is 17.6 Å². The van der Waals surface area contributed by atoms with Crippen molar-refractivity contribution >= 4 is 5.91 Å². The molecule has 0 aromatic heterocycles. The second-order valence-corrected chi connectivity index (χ2v) is 6.55. The van der Waals surface area contributed by atoms with E-state index in [1.807, 2.05) is 19.9 Å². The first-order valence-electron chi connectivity index (χ1n) is 7.09. The quantitative estimate of drug-likeness (QED) is 0.790. The molecule has 0 heterocycles. The molecule has 4 nitrogen and oxygen atoms in total. The molecule has 1 aromatic rings. The Morgan fingerprint density at radius 1 is 1.45 bits per heavy atom. The van der Waals surface area contributed by atoms with E-state index in [1.165, 1.54) is 11.1 Å². The number of nitrogens with two attached hydrogens (primary N) is 1. The zero-order chi connectivity index (χ0) is 15.1. The van der Waals surface area contributed by atoms with Gasteiger partial charge in [-0.1, -0.05) is 13.0 Å². The van der Waals surface area contributed by atoms with Gasteiger partial charge >= 0.3 is 0 Å². The summed E-state index contributed by atoms with van der Waals surface area (Å²) in [5.41, 5.74) is 8.24. The van der Waals surface area contributed by atoms with Gasteiger partial charge in [-0.05, 0) is 50.3 Å². The summed E-state index contributed by atoms with van der Waals surface area (Å²) in [6.07, 6.45) is 0.933. The second kappa shape index (κ2) is 5.09. The molecule has 0 bridgehead atoms. The van der Waals surface area contributed by atoms with Crippen LogP contribution in [0.2, 0.25) is 0 Å². The Bertz CT molecular complexity index is 538. The van der Waals surface area contributed by atoms with Crippen LogP contribution in [-0.2, 0) is 4.79 Å². The molecular formula is C16H24N2O2. The number of rotatable bonds is 4. The van der Waals surface area contributed by atoms with Crippen LogP contribution in [0, 0.1) is 12.3 Å².